The van der Waals surface area contributed by atoms with Gasteiger partial charge >= 0.3 is 5.69 Å². The molecule has 0 unspecified atom stereocenters. The predicted molar refractivity (Wildman–Crippen MR) is 88.5 cm³/mol. The SMILES string of the molecule is O=c1c(Cl)c(O)n(Cc2ccccc2)c(=O)n1-c1ccccc1. The van der Waals surface area contributed by atoms with E-state index in [-0.39, 0.29) is 11.6 Å². The van der Waals surface area contributed by atoms with Crippen molar-refractivity contribution in [2.24, 2.45) is 0 Å². The van der Waals surface area contributed by atoms with Crippen molar-refractivity contribution in [2.75, 3.05) is 0 Å². The van der Waals surface area contributed by atoms with E-state index in [0.717, 1.165) is 14.7 Å². The number of hydrogen-bond donors (Lipinski definition) is 1. The van der Waals surface area contributed by atoms with Crippen LogP contribution in [0.25, 0.3) is 5.69 Å². The second kappa shape index (κ2) is 6.14. The summed E-state index contributed by atoms with van der Waals surface area (Å²) >= 11 is 5.93. The predicted octanol–water partition coefficient (Wildman–Crippen LogP) is 2.41. The molecule has 0 spiro atoms. The van der Waals surface area contributed by atoms with Crippen LogP contribution in [-0.2, 0) is 6.54 Å². The zero-order valence-corrected chi connectivity index (χ0v) is 12.8. The van der Waals surface area contributed by atoms with Gasteiger partial charge < -0.3 is 5.11 Å². The molecule has 0 amide bonds. The summed E-state index contributed by atoms with van der Waals surface area (Å²) in [6, 6.07) is 17.6. The molecule has 1 aromatic heterocycles. The highest BCUT2D eigenvalue weighted by Crippen LogP contribution is 2.18. The van der Waals surface area contributed by atoms with Gasteiger partial charge in [-0.05, 0) is 17.7 Å². The van der Waals surface area contributed by atoms with Crippen molar-refractivity contribution in [3.8, 4) is 11.6 Å². The first-order chi connectivity index (χ1) is 11.1. The summed E-state index contributed by atoms with van der Waals surface area (Å²) in [5, 5.41) is 9.72. The largest absolute Gasteiger partial charge is 0.493 e. The van der Waals surface area contributed by atoms with Gasteiger partial charge in [0, 0.05) is 0 Å². The standard InChI is InChI=1S/C17H13ClN2O3/c18-14-15(21)19(11-12-7-3-1-4-8-12)17(23)20(16(14)22)13-9-5-2-6-10-13/h1-10,21H,11H2. The number of rotatable bonds is 3. The van der Waals surface area contributed by atoms with Gasteiger partial charge in [0.2, 0.25) is 5.88 Å². The van der Waals surface area contributed by atoms with Gasteiger partial charge in [-0.2, -0.15) is 0 Å². The maximum atomic E-state index is 12.7. The van der Waals surface area contributed by atoms with Gasteiger partial charge in [0.05, 0.1) is 12.2 Å². The van der Waals surface area contributed by atoms with Gasteiger partial charge in [-0.25, -0.2) is 9.36 Å². The number of benzene rings is 2. The fourth-order valence-corrected chi connectivity index (χ4v) is 2.51. The number of nitrogens with zero attached hydrogens (tertiary/aromatic N) is 2. The normalized spacial score (nSPS) is 10.7. The van der Waals surface area contributed by atoms with Gasteiger partial charge in [0.15, 0.2) is 5.02 Å². The third-order valence-electron chi connectivity index (χ3n) is 3.46. The van der Waals surface area contributed by atoms with E-state index in [9.17, 15) is 14.7 Å². The molecule has 116 valence electrons. The summed E-state index contributed by atoms with van der Waals surface area (Å²) in [6.07, 6.45) is 0. The van der Waals surface area contributed by atoms with Crippen LogP contribution >= 0.6 is 11.6 Å². The molecule has 1 heterocycles. The van der Waals surface area contributed by atoms with E-state index in [1.165, 1.54) is 0 Å². The van der Waals surface area contributed by atoms with Crippen LogP contribution in [0.5, 0.6) is 5.88 Å². The highest BCUT2D eigenvalue weighted by molar-refractivity contribution is 6.31. The molecule has 0 bridgehead atoms. The Balaban J connectivity index is 2.24. The van der Waals surface area contributed by atoms with Crippen LogP contribution in [0.15, 0.2) is 70.3 Å². The van der Waals surface area contributed by atoms with E-state index in [0.29, 0.717) is 5.69 Å². The lowest BCUT2D eigenvalue weighted by Crippen LogP contribution is -2.39. The van der Waals surface area contributed by atoms with Crippen molar-refractivity contribution in [2.45, 2.75) is 6.54 Å². The maximum Gasteiger partial charge on any atom is 0.338 e. The fraction of sp³-hybridized carbons (Fsp3) is 0.0588. The van der Waals surface area contributed by atoms with Crippen LogP contribution in [0.3, 0.4) is 0 Å². The summed E-state index contributed by atoms with van der Waals surface area (Å²) in [5.74, 6) is -0.530. The molecule has 0 atom stereocenters. The average molecular weight is 329 g/mol. The summed E-state index contributed by atoms with van der Waals surface area (Å²) < 4.78 is 2.02. The van der Waals surface area contributed by atoms with Crippen LogP contribution in [0.1, 0.15) is 5.56 Å². The van der Waals surface area contributed by atoms with Gasteiger partial charge in [-0.15, -0.1) is 0 Å². The van der Waals surface area contributed by atoms with Crippen LogP contribution in [-0.4, -0.2) is 14.2 Å². The van der Waals surface area contributed by atoms with E-state index in [2.05, 4.69) is 0 Å². The van der Waals surface area contributed by atoms with Crippen LogP contribution in [0, 0.1) is 0 Å². The van der Waals surface area contributed by atoms with Crippen LogP contribution in [0.4, 0.5) is 0 Å². The number of para-hydroxylation sites is 1. The number of halogens is 1. The Labute approximate surface area is 136 Å². The van der Waals surface area contributed by atoms with Crippen LogP contribution < -0.4 is 11.2 Å². The molecule has 0 fully saturated rings. The lowest BCUT2D eigenvalue weighted by Gasteiger charge is -2.13. The third-order valence-corrected chi connectivity index (χ3v) is 3.79. The highest BCUT2D eigenvalue weighted by Gasteiger charge is 2.18. The van der Waals surface area contributed by atoms with Crippen molar-refractivity contribution in [3.63, 3.8) is 0 Å². The molecule has 3 rings (SSSR count). The highest BCUT2D eigenvalue weighted by atomic mass is 35.5. The monoisotopic (exact) mass is 328 g/mol. The Bertz CT molecular complexity index is 947. The minimum absolute atomic E-state index is 0.109. The Morgan fingerprint density at radius 3 is 2.09 bits per heavy atom. The third kappa shape index (κ3) is 2.78. The molecule has 1 N–H and O–H groups in total. The quantitative estimate of drug-likeness (QED) is 0.803. The van der Waals surface area contributed by atoms with Gasteiger partial charge in [-0.3, -0.25) is 9.36 Å². The molecular weight excluding hydrogens is 316 g/mol. The molecule has 23 heavy (non-hydrogen) atoms. The molecule has 0 radical (unpaired) electrons. The number of aromatic hydroxyl groups is 1. The molecule has 0 saturated heterocycles. The maximum absolute atomic E-state index is 12.7. The van der Waals surface area contributed by atoms with Crippen LogP contribution in [0.2, 0.25) is 5.02 Å². The number of aromatic nitrogens is 2. The molecule has 5 nitrogen and oxygen atoms in total. The molecule has 6 heteroatoms. The molecule has 0 aliphatic carbocycles. The summed E-state index contributed by atoms with van der Waals surface area (Å²) in [4.78, 5) is 24.9. The van der Waals surface area contributed by atoms with Gasteiger partial charge in [0.25, 0.3) is 5.56 Å². The number of hydrogen-bond acceptors (Lipinski definition) is 3. The first-order valence-electron chi connectivity index (χ1n) is 6.93. The molecular formula is C17H13ClN2O3. The van der Waals surface area contributed by atoms with E-state index >= 15 is 0 Å². The van der Waals surface area contributed by atoms with Crippen molar-refractivity contribution < 1.29 is 5.11 Å². The van der Waals surface area contributed by atoms with Crippen molar-refractivity contribution >= 4 is 11.6 Å². The topological polar surface area (TPSA) is 64.2 Å². The van der Waals surface area contributed by atoms with Gasteiger partial charge in [0.1, 0.15) is 0 Å². The smallest absolute Gasteiger partial charge is 0.338 e. The fourth-order valence-electron chi connectivity index (χ4n) is 2.32. The Morgan fingerprint density at radius 1 is 0.913 bits per heavy atom. The molecule has 0 aliphatic heterocycles. The Morgan fingerprint density at radius 2 is 1.48 bits per heavy atom. The second-order valence-corrected chi connectivity index (χ2v) is 5.35. The zero-order chi connectivity index (χ0) is 16.4. The average Bonchev–Trinajstić information content (AvgIpc) is 2.59. The first kappa shape index (κ1) is 15.1. The van der Waals surface area contributed by atoms with Gasteiger partial charge in [-0.1, -0.05) is 60.1 Å². The van der Waals surface area contributed by atoms with E-state index in [4.69, 9.17) is 11.6 Å². The second-order valence-electron chi connectivity index (χ2n) is 4.97. The minimum atomic E-state index is -0.746. The first-order valence-corrected chi connectivity index (χ1v) is 7.31. The Kier molecular flexibility index (Phi) is 4.04. The lowest BCUT2D eigenvalue weighted by molar-refractivity contribution is 0.406. The molecule has 0 saturated carbocycles. The summed E-state index contributed by atoms with van der Waals surface area (Å²) in [7, 11) is 0. The van der Waals surface area contributed by atoms with Crippen molar-refractivity contribution in [3.05, 3.63) is 92.1 Å². The lowest BCUT2D eigenvalue weighted by atomic mass is 10.2. The summed E-state index contributed by atoms with van der Waals surface area (Å²) in [6.45, 7) is 0.109. The Hall–Kier alpha value is -2.79. The van der Waals surface area contributed by atoms with E-state index < -0.39 is 17.1 Å². The molecule has 0 aliphatic rings. The summed E-state index contributed by atoms with van der Waals surface area (Å²) in [5.41, 5.74) is -0.193. The zero-order valence-electron chi connectivity index (χ0n) is 12.0. The van der Waals surface area contributed by atoms with Crippen molar-refractivity contribution in [1.82, 2.24) is 9.13 Å². The molecule has 3 aromatic rings. The van der Waals surface area contributed by atoms with Crippen molar-refractivity contribution in [1.29, 1.82) is 0 Å². The van der Waals surface area contributed by atoms with E-state index in [1.807, 2.05) is 30.3 Å². The molecule has 2 aromatic carbocycles. The van der Waals surface area contributed by atoms with E-state index in [1.54, 1.807) is 30.3 Å². The minimum Gasteiger partial charge on any atom is -0.493 e.